The van der Waals surface area contributed by atoms with Crippen molar-refractivity contribution in [2.24, 2.45) is 18.9 Å². The molecule has 1 saturated heterocycles. The van der Waals surface area contributed by atoms with Crippen LogP contribution in [0.2, 0.25) is 0 Å². The SMILES string of the molecule is Cl.Cn1cc([C@H]2CNC[C@@H]2C(=O)NC(CC2CCCCC2)c2ccccc2)cn1. The molecule has 2 fully saturated rings. The summed E-state index contributed by atoms with van der Waals surface area (Å²) in [5, 5.41) is 11.1. The van der Waals surface area contributed by atoms with E-state index in [-0.39, 0.29) is 36.2 Å². The van der Waals surface area contributed by atoms with E-state index in [4.69, 9.17) is 0 Å². The van der Waals surface area contributed by atoms with Crippen LogP contribution in [0, 0.1) is 11.8 Å². The Morgan fingerprint density at radius 2 is 1.97 bits per heavy atom. The maximum absolute atomic E-state index is 13.3. The highest BCUT2D eigenvalue weighted by atomic mass is 35.5. The summed E-state index contributed by atoms with van der Waals surface area (Å²) in [5.41, 5.74) is 2.38. The molecule has 4 rings (SSSR count). The van der Waals surface area contributed by atoms with Crippen molar-refractivity contribution in [3.63, 3.8) is 0 Å². The fourth-order valence-corrected chi connectivity index (χ4v) is 4.93. The van der Waals surface area contributed by atoms with Crippen molar-refractivity contribution in [2.75, 3.05) is 13.1 Å². The molecule has 2 aliphatic rings. The van der Waals surface area contributed by atoms with E-state index in [0.29, 0.717) is 0 Å². The van der Waals surface area contributed by atoms with Crippen molar-refractivity contribution < 1.29 is 4.79 Å². The predicted molar refractivity (Wildman–Crippen MR) is 118 cm³/mol. The first-order valence-corrected chi connectivity index (χ1v) is 10.8. The lowest BCUT2D eigenvalue weighted by atomic mass is 9.83. The Kier molecular flexibility index (Phi) is 7.73. The number of rotatable bonds is 6. The van der Waals surface area contributed by atoms with Crippen molar-refractivity contribution in [3.05, 3.63) is 53.9 Å². The van der Waals surface area contributed by atoms with Gasteiger partial charge in [-0.15, -0.1) is 12.4 Å². The molecule has 29 heavy (non-hydrogen) atoms. The predicted octanol–water partition coefficient (Wildman–Crippen LogP) is 3.97. The molecule has 0 spiro atoms. The number of aromatic nitrogens is 2. The number of amides is 1. The van der Waals surface area contributed by atoms with Crippen LogP contribution < -0.4 is 10.6 Å². The van der Waals surface area contributed by atoms with E-state index in [1.54, 1.807) is 0 Å². The van der Waals surface area contributed by atoms with Gasteiger partial charge < -0.3 is 10.6 Å². The molecule has 6 heteroatoms. The van der Waals surface area contributed by atoms with Crippen molar-refractivity contribution in [1.82, 2.24) is 20.4 Å². The van der Waals surface area contributed by atoms with E-state index >= 15 is 0 Å². The Labute approximate surface area is 180 Å². The fourth-order valence-electron chi connectivity index (χ4n) is 4.93. The zero-order valence-corrected chi connectivity index (χ0v) is 18.0. The van der Waals surface area contributed by atoms with Gasteiger partial charge in [0.05, 0.1) is 18.2 Å². The van der Waals surface area contributed by atoms with Crippen LogP contribution in [0.4, 0.5) is 0 Å². The molecule has 1 aliphatic heterocycles. The second kappa shape index (κ2) is 10.3. The summed E-state index contributed by atoms with van der Waals surface area (Å²) in [6.07, 6.45) is 11.6. The van der Waals surface area contributed by atoms with Crippen LogP contribution in [0.15, 0.2) is 42.7 Å². The molecule has 1 saturated carbocycles. The molecule has 1 unspecified atom stereocenters. The third-order valence-electron chi connectivity index (χ3n) is 6.52. The zero-order chi connectivity index (χ0) is 19.3. The largest absolute Gasteiger partial charge is 0.349 e. The van der Waals surface area contributed by atoms with Gasteiger partial charge in [0.25, 0.3) is 0 Å². The standard InChI is InChI=1S/C23H32N4O.ClH/c1-27-16-19(13-25-27)20-14-24-15-21(20)23(28)26-22(18-10-6-3-7-11-18)12-17-8-4-2-5-9-17;/h3,6-7,10-11,13,16-17,20-22,24H,2,4-5,8-9,12,14-15H2,1H3,(H,26,28);1H/t20-,21+,22?;/m1./s1. The third-order valence-corrected chi connectivity index (χ3v) is 6.52. The first kappa shape index (κ1) is 21.8. The zero-order valence-electron chi connectivity index (χ0n) is 17.2. The molecular formula is C23H33ClN4O. The Hall–Kier alpha value is -1.85. The summed E-state index contributed by atoms with van der Waals surface area (Å²) in [5.74, 6) is 1.04. The molecule has 0 bridgehead atoms. The van der Waals surface area contributed by atoms with Gasteiger partial charge in [0, 0.05) is 32.3 Å². The highest BCUT2D eigenvalue weighted by Gasteiger charge is 2.36. The van der Waals surface area contributed by atoms with Gasteiger partial charge in [0.1, 0.15) is 0 Å². The number of halogens is 1. The Morgan fingerprint density at radius 1 is 1.21 bits per heavy atom. The van der Waals surface area contributed by atoms with Crippen LogP contribution in [0.25, 0.3) is 0 Å². The lowest BCUT2D eigenvalue weighted by molar-refractivity contribution is -0.125. The molecule has 3 atom stereocenters. The molecule has 5 nitrogen and oxygen atoms in total. The van der Waals surface area contributed by atoms with Crippen LogP contribution >= 0.6 is 12.4 Å². The second-order valence-electron chi connectivity index (χ2n) is 8.53. The van der Waals surface area contributed by atoms with Gasteiger partial charge in [-0.1, -0.05) is 62.4 Å². The maximum Gasteiger partial charge on any atom is 0.225 e. The molecule has 2 aromatic rings. The molecule has 1 aliphatic carbocycles. The molecular weight excluding hydrogens is 384 g/mol. The van der Waals surface area contributed by atoms with Gasteiger partial charge in [-0.3, -0.25) is 9.48 Å². The van der Waals surface area contributed by atoms with E-state index in [1.165, 1.54) is 37.7 Å². The van der Waals surface area contributed by atoms with E-state index in [2.05, 4.69) is 40.0 Å². The number of carbonyl (C=O) groups excluding carboxylic acids is 1. The van der Waals surface area contributed by atoms with Gasteiger partial charge in [-0.05, 0) is 23.5 Å². The first-order chi connectivity index (χ1) is 13.7. The summed E-state index contributed by atoms with van der Waals surface area (Å²) in [7, 11) is 1.93. The van der Waals surface area contributed by atoms with Crippen LogP contribution in [0.1, 0.15) is 61.6 Å². The third kappa shape index (κ3) is 5.40. The van der Waals surface area contributed by atoms with E-state index in [0.717, 1.165) is 31.0 Å². The van der Waals surface area contributed by atoms with E-state index < -0.39 is 0 Å². The van der Waals surface area contributed by atoms with E-state index in [9.17, 15) is 4.79 Å². The average molecular weight is 417 g/mol. The molecule has 158 valence electrons. The van der Waals surface area contributed by atoms with Gasteiger partial charge in [0.15, 0.2) is 0 Å². The lowest BCUT2D eigenvalue weighted by Gasteiger charge is -2.29. The van der Waals surface area contributed by atoms with Crippen molar-refractivity contribution in [2.45, 2.75) is 50.5 Å². The minimum absolute atomic E-state index is 0. The number of nitrogens with one attached hydrogen (secondary N) is 2. The van der Waals surface area contributed by atoms with Crippen LogP contribution in [0.5, 0.6) is 0 Å². The maximum atomic E-state index is 13.3. The molecule has 1 aromatic carbocycles. The first-order valence-electron chi connectivity index (χ1n) is 10.8. The number of nitrogens with zero attached hydrogens (tertiary/aromatic N) is 2. The number of benzene rings is 1. The van der Waals surface area contributed by atoms with E-state index in [1.807, 2.05) is 30.2 Å². The Morgan fingerprint density at radius 3 is 2.66 bits per heavy atom. The highest BCUT2D eigenvalue weighted by Crippen LogP contribution is 2.33. The fraction of sp³-hybridized carbons (Fsp3) is 0.565. The second-order valence-corrected chi connectivity index (χ2v) is 8.53. The average Bonchev–Trinajstić information content (AvgIpc) is 3.38. The summed E-state index contributed by atoms with van der Waals surface area (Å²) in [6.45, 7) is 1.57. The smallest absolute Gasteiger partial charge is 0.225 e. The Balaban J connectivity index is 0.00000240. The summed E-state index contributed by atoms with van der Waals surface area (Å²) >= 11 is 0. The molecule has 2 heterocycles. The lowest BCUT2D eigenvalue weighted by Crippen LogP contribution is -2.37. The quantitative estimate of drug-likeness (QED) is 0.748. The minimum atomic E-state index is -0.0400. The monoisotopic (exact) mass is 416 g/mol. The van der Waals surface area contributed by atoms with Gasteiger partial charge in [-0.25, -0.2) is 0 Å². The summed E-state index contributed by atoms with van der Waals surface area (Å²) in [4.78, 5) is 13.3. The molecule has 2 N–H and O–H groups in total. The summed E-state index contributed by atoms with van der Waals surface area (Å²) < 4.78 is 1.82. The molecule has 1 aromatic heterocycles. The van der Waals surface area contributed by atoms with Crippen molar-refractivity contribution >= 4 is 18.3 Å². The topological polar surface area (TPSA) is 59.0 Å². The normalized spacial score (nSPS) is 23.3. The van der Waals surface area contributed by atoms with Crippen LogP contribution in [-0.4, -0.2) is 28.8 Å². The number of carbonyl (C=O) groups is 1. The van der Waals surface area contributed by atoms with Crippen LogP contribution in [-0.2, 0) is 11.8 Å². The molecule has 1 amide bonds. The van der Waals surface area contributed by atoms with Gasteiger partial charge in [-0.2, -0.15) is 5.10 Å². The number of hydrogen-bond donors (Lipinski definition) is 2. The number of aryl methyl sites for hydroxylation is 1. The Bertz CT molecular complexity index is 772. The minimum Gasteiger partial charge on any atom is -0.349 e. The van der Waals surface area contributed by atoms with Gasteiger partial charge >= 0.3 is 0 Å². The van der Waals surface area contributed by atoms with Crippen LogP contribution in [0.3, 0.4) is 0 Å². The number of hydrogen-bond acceptors (Lipinski definition) is 3. The van der Waals surface area contributed by atoms with Crippen molar-refractivity contribution in [1.29, 1.82) is 0 Å². The van der Waals surface area contributed by atoms with Crippen molar-refractivity contribution in [3.8, 4) is 0 Å². The van der Waals surface area contributed by atoms with Gasteiger partial charge in [0.2, 0.25) is 5.91 Å². The highest BCUT2D eigenvalue weighted by molar-refractivity contribution is 5.85. The molecule has 0 radical (unpaired) electrons. The summed E-state index contributed by atoms with van der Waals surface area (Å²) in [6, 6.07) is 10.6.